The quantitative estimate of drug-likeness (QED) is 0.365. The third-order valence-electron chi connectivity index (χ3n) is 5.94. The third kappa shape index (κ3) is 4.61. The molecule has 0 N–H and O–H groups in total. The molecule has 2 heterocycles. The fourth-order valence-electron chi connectivity index (χ4n) is 4.09. The van der Waals surface area contributed by atoms with Gasteiger partial charge in [-0.15, -0.1) is 0 Å². The van der Waals surface area contributed by atoms with Crippen LogP contribution in [0.5, 0.6) is 11.5 Å². The number of benzene rings is 1. The lowest BCUT2D eigenvalue weighted by Gasteiger charge is -2.30. The topological polar surface area (TPSA) is 96.5 Å². The van der Waals surface area contributed by atoms with Gasteiger partial charge in [-0.3, -0.25) is 19.3 Å². The standard InChI is InChI=1S/C23H27N3O6/c1-24(13-17-15-31-18-9-5-6-10-19(18)32-17)20(27)14-26-22(29)21(28)25(23(26)30)12-11-16-7-3-2-4-8-16/h5-7,9-10,17H,2-4,8,11-15H2,1H3. The molecule has 3 aliphatic rings. The number of hydrogen-bond acceptors (Lipinski definition) is 6. The lowest BCUT2D eigenvalue weighted by atomic mass is 9.97. The summed E-state index contributed by atoms with van der Waals surface area (Å²) in [5.41, 5.74) is 1.20. The zero-order valence-electron chi connectivity index (χ0n) is 18.1. The Morgan fingerprint density at radius 2 is 1.84 bits per heavy atom. The van der Waals surface area contributed by atoms with Crippen molar-refractivity contribution in [1.29, 1.82) is 0 Å². The van der Waals surface area contributed by atoms with Gasteiger partial charge in [-0.25, -0.2) is 9.69 Å². The number of likely N-dealkylation sites (N-methyl/N-ethyl adjacent to an activating group) is 1. The van der Waals surface area contributed by atoms with Crippen molar-refractivity contribution >= 4 is 23.8 Å². The van der Waals surface area contributed by atoms with Crippen LogP contribution in [0.3, 0.4) is 0 Å². The fourth-order valence-corrected chi connectivity index (χ4v) is 4.09. The number of fused-ring (bicyclic) bond motifs is 1. The Labute approximate surface area is 186 Å². The molecule has 0 radical (unpaired) electrons. The monoisotopic (exact) mass is 441 g/mol. The molecule has 0 bridgehead atoms. The maximum Gasteiger partial charge on any atom is 0.334 e. The van der Waals surface area contributed by atoms with Gasteiger partial charge in [-0.1, -0.05) is 23.8 Å². The van der Waals surface area contributed by atoms with Gasteiger partial charge in [0.15, 0.2) is 17.6 Å². The van der Waals surface area contributed by atoms with E-state index in [1.807, 2.05) is 12.1 Å². The number of carbonyl (C=O) groups is 4. The van der Waals surface area contributed by atoms with Crippen LogP contribution in [0.4, 0.5) is 4.79 Å². The highest BCUT2D eigenvalue weighted by atomic mass is 16.6. The number of nitrogens with zero attached hydrogens (tertiary/aromatic N) is 3. The lowest BCUT2D eigenvalue weighted by Crippen LogP contribution is -2.46. The van der Waals surface area contributed by atoms with Crippen molar-refractivity contribution < 1.29 is 28.7 Å². The molecule has 1 aromatic rings. The molecule has 0 aromatic heterocycles. The van der Waals surface area contributed by atoms with Crippen LogP contribution < -0.4 is 9.47 Å². The van der Waals surface area contributed by atoms with Gasteiger partial charge < -0.3 is 14.4 Å². The Morgan fingerprint density at radius 1 is 1.09 bits per heavy atom. The van der Waals surface area contributed by atoms with Gasteiger partial charge >= 0.3 is 17.8 Å². The number of rotatable bonds is 7. The van der Waals surface area contributed by atoms with E-state index in [1.165, 1.54) is 10.5 Å². The van der Waals surface area contributed by atoms with Gasteiger partial charge in [0, 0.05) is 13.6 Å². The van der Waals surface area contributed by atoms with E-state index in [1.54, 1.807) is 19.2 Å². The minimum Gasteiger partial charge on any atom is -0.486 e. The normalized spacial score (nSPS) is 20.5. The highest BCUT2D eigenvalue weighted by Crippen LogP contribution is 2.31. The third-order valence-corrected chi connectivity index (χ3v) is 5.94. The van der Waals surface area contributed by atoms with Crippen molar-refractivity contribution in [1.82, 2.24) is 14.7 Å². The van der Waals surface area contributed by atoms with Crippen LogP contribution in [-0.4, -0.2) is 77.8 Å². The first kappa shape index (κ1) is 21.9. The van der Waals surface area contributed by atoms with Gasteiger partial charge in [-0.2, -0.15) is 0 Å². The number of carbonyl (C=O) groups excluding carboxylic acids is 4. The van der Waals surface area contributed by atoms with Crippen LogP contribution >= 0.6 is 0 Å². The zero-order chi connectivity index (χ0) is 22.7. The average Bonchev–Trinajstić information content (AvgIpc) is 3.01. The fraction of sp³-hybridized carbons (Fsp3) is 0.478. The molecule has 1 aliphatic carbocycles. The van der Waals surface area contributed by atoms with Crippen molar-refractivity contribution in [3.63, 3.8) is 0 Å². The summed E-state index contributed by atoms with van der Waals surface area (Å²) in [6, 6.07) is 6.54. The van der Waals surface area contributed by atoms with Crippen LogP contribution in [0.15, 0.2) is 35.9 Å². The maximum atomic E-state index is 12.7. The van der Waals surface area contributed by atoms with Crippen LogP contribution in [0, 0.1) is 0 Å². The predicted octanol–water partition coefficient (Wildman–Crippen LogP) is 1.97. The second kappa shape index (κ2) is 9.42. The predicted molar refractivity (Wildman–Crippen MR) is 114 cm³/mol. The zero-order valence-corrected chi connectivity index (χ0v) is 18.1. The molecule has 9 nitrogen and oxygen atoms in total. The summed E-state index contributed by atoms with van der Waals surface area (Å²) < 4.78 is 11.5. The molecule has 170 valence electrons. The van der Waals surface area contributed by atoms with Crippen LogP contribution in [0.1, 0.15) is 32.1 Å². The Morgan fingerprint density at radius 3 is 2.59 bits per heavy atom. The van der Waals surface area contributed by atoms with E-state index in [0.29, 0.717) is 17.9 Å². The summed E-state index contributed by atoms with van der Waals surface area (Å²) in [6.45, 7) is 0.166. The Bertz CT molecular complexity index is 959. The van der Waals surface area contributed by atoms with Gasteiger partial charge in [0.2, 0.25) is 5.91 Å². The van der Waals surface area contributed by atoms with E-state index in [-0.39, 0.29) is 25.8 Å². The number of para-hydroxylation sites is 2. The minimum absolute atomic E-state index is 0.155. The molecule has 1 aromatic carbocycles. The lowest BCUT2D eigenvalue weighted by molar-refractivity contribution is -0.144. The van der Waals surface area contributed by atoms with Crippen LogP contribution in [-0.2, 0) is 14.4 Å². The molecule has 1 atom stereocenters. The van der Waals surface area contributed by atoms with E-state index >= 15 is 0 Å². The molecule has 1 saturated heterocycles. The molecular formula is C23H27N3O6. The molecule has 1 fully saturated rings. The van der Waals surface area contributed by atoms with Gasteiger partial charge in [0.25, 0.3) is 0 Å². The minimum atomic E-state index is -0.958. The number of amides is 5. The molecule has 9 heteroatoms. The van der Waals surface area contributed by atoms with Crippen molar-refractivity contribution in [2.45, 2.75) is 38.2 Å². The average molecular weight is 441 g/mol. The summed E-state index contributed by atoms with van der Waals surface area (Å²) in [4.78, 5) is 53.0. The molecule has 2 aliphatic heterocycles. The SMILES string of the molecule is CN(CC1COc2ccccc2O1)C(=O)CN1C(=O)C(=O)N(CCC2=CCCCC2)C1=O. The summed E-state index contributed by atoms with van der Waals surface area (Å²) in [6.07, 6.45) is 6.53. The number of hydrogen-bond donors (Lipinski definition) is 0. The van der Waals surface area contributed by atoms with Gasteiger partial charge in [0.05, 0.1) is 6.54 Å². The molecule has 0 spiro atoms. The Hall–Kier alpha value is -3.36. The van der Waals surface area contributed by atoms with Gasteiger partial charge in [-0.05, 0) is 44.2 Å². The smallest absolute Gasteiger partial charge is 0.334 e. The highest BCUT2D eigenvalue weighted by molar-refractivity contribution is 6.45. The highest BCUT2D eigenvalue weighted by Gasteiger charge is 2.45. The van der Waals surface area contributed by atoms with Gasteiger partial charge in [0.1, 0.15) is 13.2 Å². The van der Waals surface area contributed by atoms with Crippen molar-refractivity contribution in [2.24, 2.45) is 0 Å². The number of imide groups is 2. The second-order valence-electron chi connectivity index (χ2n) is 8.26. The molecular weight excluding hydrogens is 414 g/mol. The Balaban J connectivity index is 1.31. The summed E-state index contributed by atoms with van der Waals surface area (Å²) >= 11 is 0. The number of urea groups is 1. The first-order valence-corrected chi connectivity index (χ1v) is 10.9. The second-order valence-corrected chi connectivity index (χ2v) is 8.26. The van der Waals surface area contributed by atoms with E-state index < -0.39 is 30.3 Å². The molecule has 1 unspecified atom stereocenters. The first-order chi connectivity index (χ1) is 15.4. The van der Waals surface area contributed by atoms with E-state index in [4.69, 9.17) is 9.47 Å². The molecule has 0 saturated carbocycles. The van der Waals surface area contributed by atoms with Crippen LogP contribution in [0.2, 0.25) is 0 Å². The summed E-state index contributed by atoms with van der Waals surface area (Å²) in [7, 11) is 1.56. The van der Waals surface area contributed by atoms with Crippen LogP contribution in [0.25, 0.3) is 0 Å². The Kier molecular flexibility index (Phi) is 6.43. The van der Waals surface area contributed by atoms with E-state index in [2.05, 4.69) is 6.08 Å². The molecule has 4 rings (SSSR count). The number of ether oxygens (including phenoxy) is 2. The summed E-state index contributed by atoms with van der Waals surface area (Å²) in [5.74, 6) is -1.04. The molecule has 32 heavy (non-hydrogen) atoms. The molecule has 5 amide bonds. The van der Waals surface area contributed by atoms with Crippen molar-refractivity contribution in [3.8, 4) is 11.5 Å². The van der Waals surface area contributed by atoms with E-state index in [9.17, 15) is 19.2 Å². The van der Waals surface area contributed by atoms with E-state index in [0.717, 1.165) is 35.5 Å². The van der Waals surface area contributed by atoms with Crippen molar-refractivity contribution in [3.05, 3.63) is 35.9 Å². The maximum absolute atomic E-state index is 12.7. The van der Waals surface area contributed by atoms with Crippen molar-refractivity contribution in [2.75, 3.05) is 33.3 Å². The first-order valence-electron chi connectivity index (χ1n) is 10.9. The summed E-state index contributed by atoms with van der Waals surface area (Å²) in [5, 5.41) is 0. The number of allylic oxidation sites excluding steroid dienone is 1. The largest absolute Gasteiger partial charge is 0.486 e.